The monoisotopic (exact) mass is 173 g/mol. The van der Waals surface area contributed by atoms with Gasteiger partial charge in [-0.15, -0.1) is 0 Å². The quantitative estimate of drug-likeness (QED) is 0.550. The Balaban J connectivity index is 3.02. The molecule has 74 valence electrons. The first-order valence-corrected chi connectivity index (χ1v) is 5.15. The lowest BCUT2D eigenvalue weighted by Crippen LogP contribution is -2.26. The minimum absolute atomic E-state index is 0.324. The van der Waals surface area contributed by atoms with E-state index in [1.165, 1.54) is 19.3 Å². The summed E-state index contributed by atoms with van der Waals surface area (Å²) in [4.78, 5) is 0. The molecule has 2 nitrogen and oxygen atoms in total. The van der Waals surface area contributed by atoms with Gasteiger partial charge in [-0.3, -0.25) is 0 Å². The van der Waals surface area contributed by atoms with Crippen LogP contribution >= 0.6 is 0 Å². The predicted octanol–water partition coefficient (Wildman–Crippen LogP) is 1.93. The summed E-state index contributed by atoms with van der Waals surface area (Å²) in [6.07, 6.45) is 5.88. The summed E-state index contributed by atoms with van der Waals surface area (Å²) in [6.45, 7) is 5.82. The van der Waals surface area contributed by atoms with Crippen molar-refractivity contribution >= 4 is 0 Å². The Labute approximate surface area is 76.4 Å². The van der Waals surface area contributed by atoms with Crippen LogP contribution in [0.3, 0.4) is 0 Å². The largest absolute Gasteiger partial charge is 0.396 e. The van der Waals surface area contributed by atoms with Crippen molar-refractivity contribution in [1.82, 2.24) is 5.32 Å². The maximum absolute atomic E-state index is 8.55. The molecular formula is C10H23NO. The van der Waals surface area contributed by atoms with Crippen LogP contribution in [0.2, 0.25) is 0 Å². The molecule has 0 rings (SSSR count). The molecule has 0 amide bonds. The molecule has 0 saturated heterocycles. The molecule has 0 aliphatic rings. The van der Waals surface area contributed by atoms with Crippen LogP contribution in [0.4, 0.5) is 0 Å². The van der Waals surface area contributed by atoms with E-state index in [0.29, 0.717) is 12.6 Å². The molecule has 0 aliphatic carbocycles. The van der Waals surface area contributed by atoms with Crippen LogP contribution in [0.15, 0.2) is 0 Å². The van der Waals surface area contributed by atoms with Crippen molar-refractivity contribution in [2.45, 2.75) is 52.0 Å². The van der Waals surface area contributed by atoms with Crippen LogP contribution in [0.1, 0.15) is 46.0 Å². The van der Waals surface area contributed by atoms with E-state index in [-0.39, 0.29) is 0 Å². The fourth-order valence-corrected chi connectivity index (χ4v) is 1.20. The second-order valence-corrected chi connectivity index (χ2v) is 3.43. The van der Waals surface area contributed by atoms with Gasteiger partial charge < -0.3 is 10.4 Å². The van der Waals surface area contributed by atoms with E-state index in [0.717, 1.165) is 19.4 Å². The van der Waals surface area contributed by atoms with E-state index >= 15 is 0 Å². The van der Waals surface area contributed by atoms with Crippen LogP contribution < -0.4 is 5.32 Å². The molecule has 0 fully saturated rings. The van der Waals surface area contributed by atoms with Crippen LogP contribution in [-0.4, -0.2) is 24.3 Å². The highest BCUT2D eigenvalue weighted by molar-refractivity contribution is 4.59. The third-order valence-electron chi connectivity index (χ3n) is 2.07. The van der Waals surface area contributed by atoms with Gasteiger partial charge in [-0.05, 0) is 32.7 Å². The number of nitrogens with one attached hydrogen (secondary N) is 1. The van der Waals surface area contributed by atoms with E-state index in [1.54, 1.807) is 0 Å². The number of aliphatic hydroxyl groups is 1. The highest BCUT2D eigenvalue weighted by Crippen LogP contribution is 1.99. The molecular weight excluding hydrogens is 150 g/mol. The molecule has 2 N–H and O–H groups in total. The summed E-state index contributed by atoms with van der Waals surface area (Å²) in [5.74, 6) is 0. The van der Waals surface area contributed by atoms with Crippen molar-refractivity contribution in [3.63, 3.8) is 0 Å². The van der Waals surface area contributed by atoms with Gasteiger partial charge in [-0.1, -0.05) is 19.8 Å². The fourth-order valence-electron chi connectivity index (χ4n) is 1.20. The van der Waals surface area contributed by atoms with Crippen LogP contribution in [0.25, 0.3) is 0 Å². The lowest BCUT2D eigenvalue weighted by molar-refractivity contribution is 0.282. The SMILES string of the molecule is CCCCC(C)NCCCCO. The first kappa shape index (κ1) is 11.9. The van der Waals surface area contributed by atoms with Crippen molar-refractivity contribution in [3.05, 3.63) is 0 Å². The molecule has 0 bridgehead atoms. The topological polar surface area (TPSA) is 32.3 Å². The Kier molecular flexibility index (Phi) is 8.95. The molecule has 0 aromatic rings. The fraction of sp³-hybridized carbons (Fsp3) is 1.00. The number of hydrogen-bond acceptors (Lipinski definition) is 2. The van der Waals surface area contributed by atoms with Gasteiger partial charge in [0, 0.05) is 12.6 Å². The van der Waals surface area contributed by atoms with E-state index in [9.17, 15) is 0 Å². The van der Waals surface area contributed by atoms with Crippen molar-refractivity contribution in [3.8, 4) is 0 Å². The minimum atomic E-state index is 0.324. The predicted molar refractivity (Wildman–Crippen MR) is 53.3 cm³/mol. The zero-order valence-corrected chi connectivity index (χ0v) is 8.47. The average Bonchev–Trinajstić information content (AvgIpc) is 2.09. The molecule has 12 heavy (non-hydrogen) atoms. The summed E-state index contributed by atoms with van der Waals surface area (Å²) in [5, 5.41) is 12.0. The number of aliphatic hydroxyl groups excluding tert-OH is 1. The van der Waals surface area contributed by atoms with Crippen molar-refractivity contribution in [2.24, 2.45) is 0 Å². The van der Waals surface area contributed by atoms with Gasteiger partial charge in [0.2, 0.25) is 0 Å². The maximum atomic E-state index is 8.55. The zero-order valence-electron chi connectivity index (χ0n) is 8.47. The Bertz CT molecular complexity index is 85.9. The molecule has 0 aromatic heterocycles. The number of rotatable bonds is 8. The van der Waals surface area contributed by atoms with Crippen molar-refractivity contribution in [1.29, 1.82) is 0 Å². The van der Waals surface area contributed by atoms with Gasteiger partial charge in [-0.25, -0.2) is 0 Å². The third kappa shape index (κ3) is 8.02. The standard InChI is InChI=1S/C10H23NO/c1-3-4-7-10(2)11-8-5-6-9-12/h10-12H,3-9H2,1-2H3. The van der Waals surface area contributed by atoms with Gasteiger partial charge in [0.1, 0.15) is 0 Å². The van der Waals surface area contributed by atoms with Gasteiger partial charge >= 0.3 is 0 Å². The van der Waals surface area contributed by atoms with Crippen molar-refractivity contribution < 1.29 is 5.11 Å². The third-order valence-corrected chi connectivity index (χ3v) is 2.07. The van der Waals surface area contributed by atoms with Crippen molar-refractivity contribution in [2.75, 3.05) is 13.2 Å². The van der Waals surface area contributed by atoms with Crippen LogP contribution in [0.5, 0.6) is 0 Å². The summed E-state index contributed by atoms with van der Waals surface area (Å²) < 4.78 is 0. The molecule has 0 spiro atoms. The first-order chi connectivity index (χ1) is 5.81. The van der Waals surface area contributed by atoms with Gasteiger partial charge in [0.05, 0.1) is 0 Å². The second-order valence-electron chi connectivity index (χ2n) is 3.43. The Morgan fingerprint density at radius 2 is 2.00 bits per heavy atom. The zero-order chi connectivity index (χ0) is 9.23. The molecule has 2 heteroatoms. The molecule has 0 aromatic carbocycles. The molecule has 0 heterocycles. The lowest BCUT2D eigenvalue weighted by atomic mass is 10.1. The number of unbranched alkanes of at least 4 members (excludes halogenated alkanes) is 2. The van der Waals surface area contributed by atoms with Gasteiger partial charge in [-0.2, -0.15) is 0 Å². The molecule has 0 saturated carbocycles. The van der Waals surface area contributed by atoms with E-state index in [2.05, 4.69) is 19.2 Å². The Morgan fingerprint density at radius 1 is 1.25 bits per heavy atom. The Hall–Kier alpha value is -0.0800. The first-order valence-electron chi connectivity index (χ1n) is 5.15. The Morgan fingerprint density at radius 3 is 2.58 bits per heavy atom. The van der Waals surface area contributed by atoms with Crippen LogP contribution in [-0.2, 0) is 0 Å². The van der Waals surface area contributed by atoms with E-state index < -0.39 is 0 Å². The average molecular weight is 173 g/mol. The summed E-state index contributed by atoms with van der Waals surface area (Å²) in [5.41, 5.74) is 0. The summed E-state index contributed by atoms with van der Waals surface area (Å²) in [7, 11) is 0. The maximum Gasteiger partial charge on any atom is 0.0431 e. The molecule has 1 atom stereocenters. The second kappa shape index (κ2) is 9.01. The summed E-state index contributed by atoms with van der Waals surface area (Å²) in [6, 6.07) is 0.642. The summed E-state index contributed by atoms with van der Waals surface area (Å²) >= 11 is 0. The molecule has 0 radical (unpaired) electrons. The highest BCUT2D eigenvalue weighted by atomic mass is 16.2. The normalized spacial score (nSPS) is 13.2. The highest BCUT2D eigenvalue weighted by Gasteiger charge is 1.98. The smallest absolute Gasteiger partial charge is 0.0431 e. The molecule has 0 aliphatic heterocycles. The minimum Gasteiger partial charge on any atom is -0.396 e. The lowest BCUT2D eigenvalue weighted by Gasteiger charge is -2.12. The van der Waals surface area contributed by atoms with Gasteiger partial charge in [0.15, 0.2) is 0 Å². The molecule has 1 unspecified atom stereocenters. The van der Waals surface area contributed by atoms with Gasteiger partial charge in [0.25, 0.3) is 0 Å². The number of hydrogen-bond donors (Lipinski definition) is 2. The van der Waals surface area contributed by atoms with Crippen LogP contribution in [0, 0.1) is 0 Å². The van der Waals surface area contributed by atoms with E-state index in [4.69, 9.17) is 5.11 Å². The van der Waals surface area contributed by atoms with E-state index in [1.807, 2.05) is 0 Å².